The smallest absolute Gasteiger partial charge is 0.323 e. The molecule has 7 nitrogen and oxygen atoms in total. The molecule has 0 radical (unpaired) electrons. The summed E-state index contributed by atoms with van der Waals surface area (Å²) in [6, 6.07) is 6.64. The van der Waals surface area contributed by atoms with E-state index in [1.807, 2.05) is 12.1 Å². The zero-order valence-electron chi connectivity index (χ0n) is 13.9. The van der Waals surface area contributed by atoms with E-state index in [-0.39, 0.29) is 11.6 Å². The van der Waals surface area contributed by atoms with E-state index in [2.05, 4.69) is 4.98 Å². The van der Waals surface area contributed by atoms with Crippen LogP contribution in [0.4, 0.5) is 0 Å². The molecule has 1 aliphatic carbocycles. The molecule has 0 aromatic carbocycles. The van der Waals surface area contributed by atoms with Crippen molar-refractivity contribution in [2.24, 2.45) is 0 Å². The molecule has 0 saturated heterocycles. The number of fused-ring (bicyclic) bond motifs is 1. The Labute approximate surface area is 144 Å². The van der Waals surface area contributed by atoms with Gasteiger partial charge in [0.05, 0.1) is 11.7 Å². The number of nitrogens with zero attached hydrogens (tertiary/aromatic N) is 3. The summed E-state index contributed by atoms with van der Waals surface area (Å²) in [6.07, 6.45) is 5.72. The maximum atomic E-state index is 12.8. The van der Waals surface area contributed by atoms with Gasteiger partial charge in [0.1, 0.15) is 12.1 Å². The van der Waals surface area contributed by atoms with Crippen LogP contribution in [0.3, 0.4) is 0 Å². The molecule has 7 heteroatoms. The number of hydrogen-bond acceptors (Lipinski definition) is 4. The van der Waals surface area contributed by atoms with Crippen molar-refractivity contribution in [2.45, 2.75) is 31.8 Å². The minimum atomic E-state index is -1.13. The number of carboxylic acid groups (broad SMARTS) is 1. The third-order valence-electron chi connectivity index (χ3n) is 4.51. The van der Waals surface area contributed by atoms with E-state index in [9.17, 15) is 14.4 Å². The molecule has 3 rings (SSSR count). The van der Waals surface area contributed by atoms with E-state index in [0.717, 1.165) is 35.1 Å². The van der Waals surface area contributed by atoms with Crippen LogP contribution in [-0.4, -0.2) is 38.5 Å². The Bertz CT molecular complexity index is 875. The predicted octanol–water partition coefficient (Wildman–Crippen LogP) is 1.48. The number of aromatic nitrogens is 2. The highest BCUT2D eigenvalue weighted by Gasteiger charge is 2.29. The summed E-state index contributed by atoms with van der Waals surface area (Å²) in [7, 11) is 1.66. The number of carbonyl (C=O) groups excluding carboxylic acids is 1. The van der Waals surface area contributed by atoms with E-state index in [1.54, 1.807) is 13.2 Å². The number of aryl methyl sites for hydroxylation is 1. The van der Waals surface area contributed by atoms with Crippen LogP contribution in [0.15, 0.2) is 41.5 Å². The van der Waals surface area contributed by atoms with Crippen molar-refractivity contribution >= 4 is 11.9 Å². The van der Waals surface area contributed by atoms with Gasteiger partial charge in [0, 0.05) is 19.4 Å². The lowest BCUT2D eigenvalue weighted by Crippen LogP contribution is -2.38. The highest BCUT2D eigenvalue weighted by Crippen LogP contribution is 2.32. The van der Waals surface area contributed by atoms with E-state index in [1.165, 1.54) is 23.2 Å². The van der Waals surface area contributed by atoms with Gasteiger partial charge >= 0.3 is 5.97 Å². The van der Waals surface area contributed by atoms with Gasteiger partial charge in [-0.1, -0.05) is 6.07 Å². The maximum absolute atomic E-state index is 12.8. The van der Waals surface area contributed by atoms with Crippen molar-refractivity contribution in [3.63, 3.8) is 0 Å². The monoisotopic (exact) mass is 341 g/mol. The summed E-state index contributed by atoms with van der Waals surface area (Å²) in [5, 5.41) is 8.88. The number of rotatable bonds is 4. The average molecular weight is 341 g/mol. The Morgan fingerprint density at radius 2 is 2.16 bits per heavy atom. The van der Waals surface area contributed by atoms with Gasteiger partial charge in [0.15, 0.2) is 0 Å². The van der Waals surface area contributed by atoms with Crippen LogP contribution in [0, 0.1) is 0 Å². The topological polar surface area (TPSA) is 92.5 Å². The summed E-state index contributed by atoms with van der Waals surface area (Å²) in [6.45, 7) is -0.475. The molecule has 1 atom stereocenters. The third-order valence-corrected chi connectivity index (χ3v) is 4.51. The minimum Gasteiger partial charge on any atom is -0.480 e. The molecule has 0 spiro atoms. The van der Waals surface area contributed by atoms with Gasteiger partial charge in [-0.2, -0.15) is 0 Å². The fourth-order valence-corrected chi connectivity index (χ4v) is 3.26. The number of pyridine rings is 2. The molecule has 2 aromatic heterocycles. The van der Waals surface area contributed by atoms with Crippen LogP contribution in [0.25, 0.3) is 0 Å². The van der Waals surface area contributed by atoms with Gasteiger partial charge < -0.3 is 14.6 Å². The first-order valence-corrected chi connectivity index (χ1v) is 8.11. The molecule has 25 heavy (non-hydrogen) atoms. The zero-order valence-corrected chi connectivity index (χ0v) is 13.9. The second kappa shape index (κ2) is 6.88. The summed E-state index contributed by atoms with van der Waals surface area (Å²) in [5.74, 6) is -1.56. The first-order valence-electron chi connectivity index (χ1n) is 8.11. The summed E-state index contributed by atoms with van der Waals surface area (Å²) in [4.78, 5) is 42.1. The fourth-order valence-electron chi connectivity index (χ4n) is 3.26. The molecule has 0 bridgehead atoms. The molecule has 2 aromatic rings. The Morgan fingerprint density at radius 1 is 1.36 bits per heavy atom. The largest absolute Gasteiger partial charge is 0.480 e. The van der Waals surface area contributed by atoms with Crippen LogP contribution in [0.1, 0.15) is 40.5 Å². The number of amides is 1. The van der Waals surface area contributed by atoms with Gasteiger partial charge in [-0.15, -0.1) is 0 Å². The van der Waals surface area contributed by atoms with Gasteiger partial charge in [-0.05, 0) is 43.0 Å². The fraction of sp³-hybridized carbons (Fsp3) is 0.333. The van der Waals surface area contributed by atoms with Crippen molar-refractivity contribution in [3.8, 4) is 0 Å². The lowest BCUT2D eigenvalue weighted by Gasteiger charge is -2.32. The van der Waals surface area contributed by atoms with Crippen LogP contribution >= 0.6 is 0 Å². The third kappa shape index (κ3) is 3.31. The number of carbonyl (C=O) groups is 2. The van der Waals surface area contributed by atoms with Gasteiger partial charge in [-0.25, -0.2) is 0 Å². The maximum Gasteiger partial charge on any atom is 0.323 e. The quantitative estimate of drug-likeness (QED) is 0.909. The molecule has 1 aliphatic rings. The zero-order chi connectivity index (χ0) is 18.0. The molecule has 0 aliphatic heterocycles. The van der Waals surface area contributed by atoms with E-state index >= 15 is 0 Å². The second-order valence-electron chi connectivity index (χ2n) is 6.12. The van der Waals surface area contributed by atoms with Crippen molar-refractivity contribution < 1.29 is 14.7 Å². The molecular formula is C18H19N3O4. The van der Waals surface area contributed by atoms with Crippen LogP contribution in [0.5, 0.6) is 0 Å². The van der Waals surface area contributed by atoms with Gasteiger partial charge in [0.2, 0.25) is 0 Å². The molecular weight excluding hydrogens is 322 g/mol. The minimum absolute atomic E-state index is 0.0331. The van der Waals surface area contributed by atoms with Crippen LogP contribution < -0.4 is 5.56 Å². The average Bonchev–Trinajstić information content (AvgIpc) is 2.61. The van der Waals surface area contributed by atoms with Crippen molar-refractivity contribution in [3.05, 3.63) is 63.8 Å². The lowest BCUT2D eigenvalue weighted by molar-refractivity contribution is -0.137. The summed E-state index contributed by atoms with van der Waals surface area (Å²) in [5.41, 5.74) is 1.36. The Hall–Kier alpha value is -2.96. The number of hydrogen-bond donors (Lipinski definition) is 1. The lowest BCUT2D eigenvalue weighted by atomic mass is 9.91. The van der Waals surface area contributed by atoms with Crippen molar-refractivity contribution in [1.82, 2.24) is 14.5 Å². The Morgan fingerprint density at radius 3 is 2.92 bits per heavy atom. The van der Waals surface area contributed by atoms with Gasteiger partial charge in [0.25, 0.3) is 11.5 Å². The van der Waals surface area contributed by atoms with E-state index in [4.69, 9.17) is 5.11 Å². The van der Waals surface area contributed by atoms with Crippen molar-refractivity contribution in [1.29, 1.82) is 0 Å². The second-order valence-corrected chi connectivity index (χ2v) is 6.12. The molecule has 1 N–H and O–H groups in total. The molecule has 2 heterocycles. The van der Waals surface area contributed by atoms with Gasteiger partial charge in [-0.3, -0.25) is 19.4 Å². The van der Waals surface area contributed by atoms with Crippen molar-refractivity contribution in [2.75, 3.05) is 7.05 Å². The SMILES string of the molecule is CN(C(=O)c1cccn(CC(=O)O)c1=O)C1CCCc2cccnc21. The van der Waals surface area contributed by atoms with Crippen LogP contribution in [-0.2, 0) is 17.8 Å². The summed E-state index contributed by atoms with van der Waals surface area (Å²) < 4.78 is 1.02. The highest BCUT2D eigenvalue weighted by molar-refractivity contribution is 5.94. The predicted molar refractivity (Wildman–Crippen MR) is 90.3 cm³/mol. The summed E-state index contributed by atoms with van der Waals surface area (Å²) >= 11 is 0. The molecule has 1 unspecified atom stereocenters. The standard InChI is InChI=1S/C18H19N3O4/c1-20(14-8-2-5-12-6-3-9-19-16(12)14)17(24)13-7-4-10-21(18(13)25)11-15(22)23/h3-4,6-7,9-10,14H,2,5,8,11H2,1H3,(H,22,23). The number of aliphatic carboxylic acids is 1. The first-order chi connectivity index (χ1) is 12.0. The Kier molecular flexibility index (Phi) is 4.65. The molecule has 130 valence electrons. The molecule has 1 amide bonds. The molecule has 0 fully saturated rings. The normalized spacial score (nSPS) is 16.1. The molecule has 0 saturated carbocycles. The number of carboxylic acids is 1. The van der Waals surface area contributed by atoms with E-state index in [0.29, 0.717) is 0 Å². The first kappa shape index (κ1) is 16.9. The van der Waals surface area contributed by atoms with Crippen LogP contribution in [0.2, 0.25) is 0 Å². The van der Waals surface area contributed by atoms with E-state index < -0.39 is 24.0 Å². The Balaban J connectivity index is 1.92. The highest BCUT2D eigenvalue weighted by atomic mass is 16.4.